The molecular formula is C11H12N4. The number of hydrogen-bond donors (Lipinski definition) is 2. The second-order valence-corrected chi connectivity index (χ2v) is 3.73. The fourth-order valence-electron chi connectivity index (χ4n) is 2.05. The molecule has 4 nitrogen and oxygen atoms in total. The molecule has 0 aliphatic carbocycles. The van der Waals surface area contributed by atoms with Crippen LogP contribution >= 0.6 is 0 Å². The van der Waals surface area contributed by atoms with E-state index in [1.807, 2.05) is 28.8 Å². The van der Waals surface area contributed by atoms with E-state index in [4.69, 9.17) is 5.41 Å². The number of nitrogens with one attached hydrogen (secondary N) is 2. The quantitative estimate of drug-likeness (QED) is 0.674. The topological polar surface area (TPSA) is 53.7 Å². The highest BCUT2D eigenvalue weighted by Gasteiger charge is 2.12. The number of anilines is 1. The van der Waals surface area contributed by atoms with Crippen molar-refractivity contribution in [3.8, 4) is 0 Å². The first-order valence-corrected chi connectivity index (χ1v) is 5.14. The molecular weight excluding hydrogens is 188 g/mol. The second-order valence-electron chi connectivity index (χ2n) is 3.73. The van der Waals surface area contributed by atoms with Crippen molar-refractivity contribution in [3.63, 3.8) is 0 Å². The first kappa shape index (κ1) is 8.47. The number of nitrogens with zero attached hydrogens (tertiary/aromatic N) is 2. The van der Waals surface area contributed by atoms with E-state index in [-0.39, 0.29) is 0 Å². The van der Waals surface area contributed by atoms with Crippen LogP contribution in [0.2, 0.25) is 0 Å². The molecule has 4 heteroatoms. The minimum absolute atomic E-state index is 0.343. The Morgan fingerprint density at radius 1 is 1.33 bits per heavy atom. The van der Waals surface area contributed by atoms with Gasteiger partial charge in [-0.1, -0.05) is 12.1 Å². The first-order valence-electron chi connectivity index (χ1n) is 5.14. The maximum Gasteiger partial charge on any atom is 0.224 e. The molecule has 1 aliphatic heterocycles. The highest BCUT2D eigenvalue weighted by Crippen LogP contribution is 2.21. The summed E-state index contributed by atoms with van der Waals surface area (Å²) in [6.45, 7) is 1.87. The van der Waals surface area contributed by atoms with E-state index < -0.39 is 0 Å². The average molecular weight is 200 g/mol. The van der Waals surface area contributed by atoms with E-state index in [1.165, 1.54) is 0 Å². The molecule has 0 fully saturated rings. The fraction of sp³-hybridized carbons (Fsp3) is 0.273. The molecule has 0 unspecified atom stereocenters. The van der Waals surface area contributed by atoms with Crippen molar-refractivity contribution in [1.82, 2.24) is 9.55 Å². The Bertz CT molecular complexity index is 570. The standard InChI is InChI=1S/C11H12N4/c12-11-14-9-5-2-1-4-8(9)10-13-6-3-7-15(10)11/h1-2,4-5,12-13H,3,6-7H2. The fourth-order valence-corrected chi connectivity index (χ4v) is 2.05. The number of para-hydroxylation sites is 1. The van der Waals surface area contributed by atoms with Gasteiger partial charge in [0.05, 0.1) is 5.52 Å². The molecule has 3 rings (SSSR count). The predicted molar refractivity (Wildman–Crippen MR) is 58.7 cm³/mol. The van der Waals surface area contributed by atoms with Crippen LogP contribution < -0.4 is 10.9 Å². The SMILES string of the molecule is N=c1nc2ccccc2c2n1CCCN2. The Hall–Kier alpha value is -1.84. The van der Waals surface area contributed by atoms with E-state index >= 15 is 0 Å². The summed E-state index contributed by atoms with van der Waals surface area (Å²) in [6, 6.07) is 7.95. The van der Waals surface area contributed by atoms with Gasteiger partial charge >= 0.3 is 0 Å². The second kappa shape index (κ2) is 3.08. The van der Waals surface area contributed by atoms with Crippen LogP contribution in [0.25, 0.3) is 10.9 Å². The van der Waals surface area contributed by atoms with Gasteiger partial charge in [-0.05, 0) is 18.6 Å². The number of rotatable bonds is 0. The summed E-state index contributed by atoms with van der Waals surface area (Å²) >= 11 is 0. The molecule has 0 radical (unpaired) electrons. The molecule has 0 atom stereocenters. The molecule has 2 aromatic rings. The maximum atomic E-state index is 7.84. The zero-order chi connectivity index (χ0) is 10.3. The molecule has 0 amide bonds. The number of fused-ring (bicyclic) bond motifs is 3. The number of aromatic nitrogens is 2. The lowest BCUT2D eigenvalue weighted by Gasteiger charge is -2.21. The zero-order valence-electron chi connectivity index (χ0n) is 8.33. The van der Waals surface area contributed by atoms with Gasteiger partial charge in [0, 0.05) is 18.5 Å². The zero-order valence-corrected chi connectivity index (χ0v) is 8.33. The molecule has 1 aromatic carbocycles. The molecule has 76 valence electrons. The van der Waals surface area contributed by atoms with Gasteiger partial charge in [-0.15, -0.1) is 0 Å². The van der Waals surface area contributed by atoms with Crippen molar-refractivity contribution in [2.45, 2.75) is 13.0 Å². The van der Waals surface area contributed by atoms with E-state index in [0.29, 0.717) is 5.62 Å². The van der Waals surface area contributed by atoms with Crippen LogP contribution in [0, 0.1) is 5.41 Å². The van der Waals surface area contributed by atoms with Crippen LogP contribution in [-0.4, -0.2) is 16.1 Å². The molecule has 0 saturated carbocycles. The summed E-state index contributed by atoms with van der Waals surface area (Å²) < 4.78 is 1.94. The Kier molecular flexibility index (Phi) is 1.74. The van der Waals surface area contributed by atoms with Crippen LogP contribution in [0.1, 0.15) is 6.42 Å². The molecule has 0 bridgehead atoms. The van der Waals surface area contributed by atoms with Crippen molar-refractivity contribution in [2.24, 2.45) is 0 Å². The van der Waals surface area contributed by atoms with Gasteiger partial charge in [0.15, 0.2) is 0 Å². The van der Waals surface area contributed by atoms with E-state index in [1.54, 1.807) is 0 Å². The van der Waals surface area contributed by atoms with Crippen molar-refractivity contribution in [3.05, 3.63) is 29.9 Å². The van der Waals surface area contributed by atoms with Gasteiger partial charge in [-0.3, -0.25) is 9.98 Å². The van der Waals surface area contributed by atoms with Crippen molar-refractivity contribution in [1.29, 1.82) is 5.41 Å². The minimum atomic E-state index is 0.343. The molecule has 0 spiro atoms. The van der Waals surface area contributed by atoms with Gasteiger partial charge in [0.25, 0.3) is 0 Å². The van der Waals surface area contributed by atoms with Gasteiger partial charge in [0.2, 0.25) is 5.62 Å². The maximum absolute atomic E-state index is 7.84. The third-order valence-electron chi connectivity index (χ3n) is 2.76. The van der Waals surface area contributed by atoms with E-state index in [9.17, 15) is 0 Å². The highest BCUT2D eigenvalue weighted by molar-refractivity contribution is 5.89. The van der Waals surface area contributed by atoms with E-state index in [2.05, 4.69) is 10.3 Å². The molecule has 1 aliphatic rings. The van der Waals surface area contributed by atoms with Crippen LogP contribution in [0.15, 0.2) is 24.3 Å². The largest absolute Gasteiger partial charge is 0.371 e. The highest BCUT2D eigenvalue weighted by atomic mass is 15.2. The Morgan fingerprint density at radius 3 is 3.13 bits per heavy atom. The molecule has 2 heterocycles. The lowest BCUT2D eigenvalue weighted by atomic mass is 10.2. The molecule has 2 N–H and O–H groups in total. The summed E-state index contributed by atoms with van der Waals surface area (Å²) in [4.78, 5) is 4.28. The summed E-state index contributed by atoms with van der Waals surface area (Å²) in [5.74, 6) is 1.04. The average Bonchev–Trinajstić information content (AvgIpc) is 2.30. The summed E-state index contributed by atoms with van der Waals surface area (Å²) in [7, 11) is 0. The third kappa shape index (κ3) is 1.21. The monoisotopic (exact) mass is 200 g/mol. The first-order chi connectivity index (χ1) is 7.36. The lowest BCUT2D eigenvalue weighted by Crippen LogP contribution is -2.30. The van der Waals surface area contributed by atoms with Crippen molar-refractivity contribution < 1.29 is 0 Å². The third-order valence-corrected chi connectivity index (χ3v) is 2.76. The normalized spacial score (nSPS) is 14.7. The molecule has 0 saturated heterocycles. The number of benzene rings is 1. The van der Waals surface area contributed by atoms with Gasteiger partial charge in [0.1, 0.15) is 5.82 Å². The smallest absolute Gasteiger partial charge is 0.224 e. The molecule has 1 aromatic heterocycles. The van der Waals surface area contributed by atoms with Crippen LogP contribution in [0.4, 0.5) is 5.82 Å². The van der Waals surface area contributed by atoms with Crippen LogP contribution in [0.3, 0.4) is 0 Å². The summed E-state index contributed by atoms with van der Waals surface area (Å²) in [5.41, 5.74) is 1.24. The summed E-state index contributed by atoms with van der Waals surface area (Å²) in [5, 5.41) is 12.3. The van der Waals surface area contributed by atoms with Crippen LogP contribution in [0.5, 0.6) is 0 Å². The molecule has 15 heavy (non-hydrogen) atoms. The van der Waals surface area contributed by atoms with Crippen molar-refractivity contribution >= 4 is 16.7 Å². The van der Waals surface area contributed by atoms with Crippen molar-refractivity contribution in [2.75, 3.05) is 11.9 Å². The van der Waals surface area contributed by atoms with Gasteiger partial charge < -0.3 is 5.32 Å². The minimum Gasteiger partial charge on any atom is -0.371 e. The van der Waals surface area contributed by atoms with Gasteiger partial charge in [-0.2, -0.15) is 0 Å². The summed E-state index contributed by atoms with van der Waals surface area (Å²) in [6.07, 6.45) is 1.06. The number of hydrogen-bond acceptors (Lipinski definition) is 3. The Morgan fingerprint density at radius 2 is 2.20 bits per heavy atom. The predicted octanol–water partition coefficient (Wildman–Crippen LogP) is 1.33. The van der Waals surface area contributed by atoms with E-state index in [0.717, 1.165) is 36.2 Å². The van der Waals surface area contributed by atoms with Gasteiger partial charge in [-0.25, -0.2) is 4.98 Å². The Labute approximate surface area is 87.1 Å². The Balaban J connectivity index is 2.44. The lowest BCUT2D eigenvalue weighted by molar-refractivity contribution is 0.585. The van der Waals surface area contributed by atoms with Crippen LogP contribution in [-0.2, 0) is 6.54 Å².